The van der Waals surface area contributed by atoms with E-state index in [1.165, 1.54) is 0 Å². The minimum atomic E-state index is -0.617. The van der Waals surface area contributed by atoms with Crippen LogP contribution in [0.1, 0.15) is 19.8 Å². The van der Waals surface area contributed by atoms with Gasteiger partial charge in [-0.1, -0.05) is 6.92 Å². The smallest absolute Gasteiger partial charge is 0.324 e. The molecule has 0 aromatic rings. The fourth-order valence-corrected chi connectivity index (χ4v) is 2.51. The average Bonchev–Trinajstić information content (AvgIpc) is 2.37. The summed E-state index contributed by atoms with van der Waals surface area (Å²) in [4.78, 5) is 13.0. The lowest BCUT2D eigenvalue weighted by Gasteiger charge is -2.37. The van der Waals surface area contributed by atoms with Crippen LogP contribution in [0.4, 0.5) is 0 Å². The molecule has 1 saturated carbocycles. The molecule has 3 fully saturated rings. The van der Waals surface area contributed by atoms with Crippen LogP contribution < -0.4 is 0 Å². The number of carboxylic acids is 1. The van der Waals surface area contributed by atoms with Crippen molar-refractivity contribution >= 4 is 5.97 Å². The summed E-state index contributed by atoms with van der Waals surface area (Å²) in [7, 11) is 0. The summed E-state index contributed by atoms with van der Waals surface area (Å²) >= 11 is 0. The van der Waals surface area contributed by atoms with Gasteiger partial charge in [-0.2, -0.15) is 0 Å². The largest absolute Gasteiger partial charge is 0.480 e. The van der Waals surface area contributed by atoms with Crippen LogP contribution in [0.25, 0.3) is 0 Å². The minimum absolute atomic E-state index is 0.445. The molecule has 1 aliphatic carbocycles. The molecule has 0 amide bonds. The fourth-order valence-electron chi connectivity index (χ4n) is 2.51. The van der Waals surface area contributed by atoms with E-state index in [0.717, 1.165) is 25.9 Å². The SMILES string of the molecule is CCN1CC2CC1(C(=O)O)C2. The van der Waals surface area contributed by atoms with Gasteiger partial charge in [0.25, 0.3) is 0 Å². The Labute approximate surface area is 66.0 Å². The van der Waals surface area contributed by atoms with Crippen molar-refractivity contribution in [1.82, 2.24) is 4.90 Å². The summed E-state index contributed by atoms with van der Waals surface area (Å²) in [6, 6.07) is 0. The van der Waals surface area contributed by atoms with Crippen molar-refractivity contribution in [3.63, 3.8) is 0 Å². The Morgan fingerprint density at radius 1 is 1.73 bits per heavy atom. The molecule has 0 aromatic carbocycles. The normalized spacial score (nSPS) is 42.1. The third-order valence-electron chi connectivity index (χ3n) is 3.12. The van der Waals surface area contributed by atoms with E-state index in [-0.39, 0.29) is 0 Å². The minimum Gasteiger partial charge on any atom is -0.480 e. The molecule has 2 aliphatic heterocycles. The Morgan fingerprint density at radius 2 is 2.36 bits per heavy atom. The maximum Gasteiger partial charge on any atom is 0.324 e. The Hall–Kier alpha value is -0.570. The zero-order valence-electron chi connectivity index (χ0n) is 6.71. The molecule has 0 aromatic heterocycles. The molecule has 2 bridgehead atoms. The van der Waals surface area contributed by atoms with Gasteiger partial charge in [-0.05, 0) is 25.3 Å². The van der Waals surface area contributed by atoms with E-state index in [0.29, 0.717) is 5.92 Å². The third-order valence-corrected chi connectivity index (χ3v) is 3.12. The van der Waals surface area contributed by atoms with Gasteiger partial charge >= 0.3 is 5.97 Å². The number of carboxylic acid groups (broad SMARTS) is 1. The van der Waals surface area contributed by atoms with Crippen LogP contribution in [-0.2, 0) is 4.79 Å². The van der Waals surface area contributed by atoms with E-state index in [1.807, 2.05) is 6.92 Å². The number of rotatable bonds is 2. The molecule has 3 aliphatic rings. The molecule has 0 atom stereocenters. The van der Waals surface area contributed by atoms with Crippen molar-refractivity contribution in [2.45, 2.75) is 25.3 Å². The summed E-state index contributed by atoms with van der Waals surface area (Å²) in [5.41, 5.74) is -0.445. The van der Waals surface area contributed by atoms with E-state index in [2.05, 4.69) is 4.90 Å². The molecule has 2 heterocycles. The van der Waals surface area contributed by atoms with Gasteiger partial charge < -0.3 is 5.11 Å². The van der Waals surface area contributed by atoms with Gasteiger partial charge in [-0.3, -0.25) is 9.69 Å². The zero-order chi connectivity index (χ0) is 8.06. The number of fused-ring (bicyclic) bond motifs is 1. The first-order chi connectivity index (χ1) is 5.19. The Balaban J connectivity index is 2.20. The second-order valence-electron chi connectivity index (χ2n) is 3.65. The molecule has 3 rings (SSSR count). The molecule has 3 nitrogen and oxygen atoms in total. The van der Waals surface area contributed by atoms with Gasteiger partial charge in [0.05, 0.1) is 0 Å². The van der Waals surface area contributed by atoms with Crippen molar-refractivity contribution in [3.05, 3.63) is 0 Å². The highest BCUT2D eigenvalue weighted by atomic mass is 16.4. The average molecular weight is 155 g/mol. The Morgan fingerprint density at radius 3 is 2.73 bits per heavy atom. The predicted octanol–water partition coefficient (Wildman–Crippen LogP) is 0.555. The van der Waals surface area contributed by atoms with Crippen LogP contribution in [0, 0.1) is 5.92 Å². The lowest BCUT2D eigenvalue weighted by atomic mass is 9.73. The first-order valence-corrected chi connectivity index (χ1v) is 4.17. The van der Waals surface area contributed by atoms with Crippen molar-refractivity contribution < 1.29 is 9.90 Å². The van der Waals surface area contributed by atoms with Gasteiger partial charge in [0.15, 0.2) is 0 Å². The fraction of sp³-hybridized carbons (Fsp3) is 0.875. The van der Waals surface area contributed by atoms with Crippen LogP contribution in [0.2, 0.25) is 0 Å². The first kappa shape index (κ1) is 7.10. The van der Waals surface area contributed by atoms with E-state index in [1.54, 1.807) is 0 Å². The number of hydrogen-bond acceptors (Lipinski definition) is 2. The highest BCUT2D eigenvalue weighted by Gasteiger charge is 2.60. The highest BCUT2D eigenvalue weighted by molar-refractivity contribution is 5.81. The van der Waals surface area contributed by atoms with Gasteiger partial charge in [0, 0.05) is 6.54 Å². The molecule has 0 unspecified atom stereocenters. The van der Waals surface area contributed by atoms with Crippen molar-refractivity contribution in [2.75, 3.05) is 13.1 Å². The van der Waals surface area contributed by atoms with E-state index >= 15 is 0 Å². The van der Waals surface area contributed by atoms with E-state index in [4.69, 9.17) is 5.11 Å². The van der Waals surface area contributed by atoms with Gasteiger partial charge in [-0.15, -0.1) is 0 Å². The second-order valence-corrected chi connectivity index (χ2v) is 3.65. The summed E-state index contributed by atoms with van der Waals surface area (Å²) in [6.45, 7) is 3.91. The Kier molecular flexibility index (Phi) is 1.27. The Bertz CT molecular complexity index is 196. The van der Waals surface area contributed by atoms with Crippen LogP contribution >= 0.6 is 0 Å². The molecule has 0 spiro atoms. The quantitative estimate of drug-likeness (QED) is 0.633. The van der Waals surface area contributed by atoms with Gasteiger partial charge in [-0.25, -0.2) is 0 Å². The lowest BCUT2D eigenvalue weighted by Crippen LogP contribution is -2.52. The molecular formula is C8H13NO2. The molecule has 11 heavy (non-hydrogen) atoms. The summed E-state index contributed by atoms with van der Waals surface area (Å²) in [5, 5.41) is 8.97. The number of aliphatic carboxylic acids is 1. The number of hydrogen-bond donors (Lipinski definition) is 1. The molecular weight excluding hydrogens is 142 g/mol. The van der Waals surface area contributed by atoms with E-state index in [9.17, 15) is 4.79 Å². The third kappa shape index (κ3) is 0.692. The summed E-state index contributed by atoms with van der Waals surface area (Å²) < 4.78 is 0. The topological polar surface area (TPSA) is 40.5 Å². The lowest BCUT2D eigenvalue weighted by molar-refractivity contribution is -0.152. The molecule has 0 radical (unpaired) electrons. The number of likely N-dealkylation sites (N-methyl/N-ethyl adjacent to an activating group) is 1. The maximum absolute atomic E-state index is 10.9. The number of nitrogens with zero attached hydrogens (tertiary/aromatic N) is 1. The van der Waals surface area contributed by atoms with Gasteiger partial charge in [0.1, 0.15) is 5.54 Å². The first-order valence-electron chi connectivity index (χ1n) is 4.17. The summed E-state index contributed by atoms with van der Waals surface area (Å²) in [5.74, 6) is 0.0548. The maximum atomic E-state index is 10.9. The monoisotopic (exact) mass is 155 g/mol. The van der Waals surface area contributed by atoms with Crippen LogP contribution in [0.3, 0.4) is 0 Å². The molecule has 2 saturated heterocycles. The zero-order valence-corrected chi connectivity index (χ0v) is 6.71. The standard InChI is InChI=1S/C8H13NO2/c1-2-9-5-6-3-8(9,4-6)7(10)11/h6H,2-5H2,1H3,(H,10,11). The predicted molar refractivity (Wildman–Crippen MR) is 40.3 cm³/mol. The summed E-state index contributed by atoms with van der Waals surface area (Å²) in [6.07, 6.45) is 1.77. The highest BCUT2D eigenvalue weighted by Crippen LogP contribution is 2.50. The molecule has 1 N–H and O–H groups in total. The molecule has 3 heteroatoms. The van der Waals surface area contributed by atoms with Crippen molar-refractivity contribution in [1.29, 1.82) is 0 Å². The van der Waals surface area contributed by atoms with Crippen LogP contribution in [0.15, 0.2) is 0 Å². The van der Waals surface area contributed by atoms with Crippen molar-refractivity contribution in [2.24, 2.45) is 5.92 Å². The van der Waals surface area contributed by atoms with E-state index < -0.39 is 11.5 Å². The van der Waals surface area contributed by atoms with Crippen LogP contribution in [-0.4, -0.2) is 34.6 Å². The van der Waals surface area contributed by atoms with Crippen LogP contribution in [0.5, 0.6) is 0 Å². The van der Waals surface area contributed by atoms with Gasteiger partial charge in [0.2, 0.25) is 0 Å². The number of carbonyl (C=O) groups is 1. The molecule has 62 valence electrons. The second kappa shape index (κ2) is 1.97. The van der Waals surface area contributed by atoms with Crippen molar-refractivity contribution in [3.8, 4) is 0 Å².